The smallest absolute Gasteiger partial charge is 0.213 e. The fourth-order valence-corrected chi connectivity index (χ4v) is 1.04. The maximum Gasteiger partial charge on any atom is 0.213 e. The normalized spacial score (nSPS) is 11.8. The molecule has 1 atom stereocenters. The summed E-state index contributed by atoms with van der Waals surface area (Å²) < 4.78 is 0. The molecule has 0 fully saturated rings. The Kier molecular flexibility index (Phi) is 3.14. The van der Waals surface area contributed by atoms with Gasteiger partial charge in [-0.05, 0) is 6.92 Å². The van der Waals surface area contributed by atoms with Gasteiger partial charge in [0.25, 0.3) is 0 Å². The zero-order valence-electron chi connectivity index (χ0n) is 7.14. The van der Waals surface area contributed by atoms with Crippen molar-refractivity contribution in [2.45, 2.75) is 13.0 Å². The molecule has 0 saturated heterocycles. The van der Waals surface area contributed by atoms with E-state index in [-0.39, 0.29) is 5.78 Å². The van der Waals surface area contributed by atoms with Gasteiger partial charge < -0.3 is 4.84 Å². The molecule has 0 N–H and O–H groups in total. The molecule has 1 rings (SSSR count). The number of carbonyl (C=O) groups excluding carboxylic acids is 1. The highest BCUT2D eigenvalue weighted by Gasteiger charge is 2.18. The van der Waals surface area contributed by atoms with Crippen LogP contribution in [-0.2, 0) is 9.63 Å². The zero-order valence-corrected chi connectivity index (χ0v) is 7.14. The molecule has 0 aromatic heterocycles. The van der Waals surface area contributed by atoms with Crippen LogP contribution >= 0.6 is 0 Å². The predicted octanol–water partition coefficient (Wildman–Crippen LogP) is 2.01. The quantitative estimate of drug-likeness (QED) is 0.524. The SMILES string of the molecule is CC(=O)C(ON=O)c1ccccc1. The van der Waals surface area contributed by atoms with Crippen LogP contribution in [0.25, 0.3) is 0 Å². The fraction of sp³-hybridized carbons (Fsp3) is 0.222. The van der Waals surface area contributed by atoms with Gasteiger partial charge in [0.1, 0.15) is 0 Å². The van der Waals surface area contributed by atoms with E-state index in [1.54, 1.807) is 24.3 Å². The predicted molar refractivity (Wildman–Crippen MR) is 46.7 cm³/mol. The van der Waals surface area contributed by atoms with Gasteiger partial charge in [-0.2, -0.15) is 0 Å². The molecular weight excluding hydrogens is 170 g/mol. The summed E-state index contributed by atoms with van der Waals surface area (Å²) in [6, 6.07) is 8.75. The molecule has 0 spiro atoms. The first-order valence-electron chi connectivity index (χ1n) is 3.79. The molecule has 0 aliphatic rings. The lowest BCUT2D eigenvalue weighted by molar-refractivity contribution is -0.128. The van der Waals surface area contributed by atoms with Crippen LogP contribution in [0.3, 0.4) is 0 Å². The molecule has 0 aliphatic heterocycles. The van der Waals surface area contributed by atoms with Gasteiger partial charge in [-0.15, -0.1) is 4.91 Å². The Morgan fingerprint density at radius 1 is 1.38 bits per heavy atom. The lowest BCUT2D eigenvalue weighted by atomic mass is 10.1. The summed E-state index contributed by atoms with van der Waals surface area (Å²) in [6.07, 6.45) is -0.876. The second-order valence-electron chi connectivity index (χ2n) is 2.58. The Morgan fingerprint density at radius 3 is 2.46 bits per heavy atom. The van der Waals surface area contributed by atoms with E-state index in [0.29, 0.717) is 5.56 Å². The average Bonchev–Trinajstić information content (AvgIpc) is 2.15. The number of hydrogen-bond acceptors (Lipinski definition) is 4. The van der Waals surface area contributed by atoms with Crippen LogP contribution in [0, 0.1) is 4.91 Å². The molecular formula is C9H9NO3. The third-order valence-corrected chi connectivity index (χ3v) is 1.62. The third kappa shape index (κ3) is 2.37. The molecule has 4 nitrogen and oxygen atoms in total. The number of benzene rings is 1. The number of rotatable bonds is 4. The van der Waals surface area contributed by atoms with Gasteiger partial charge in [-0.1, -0.05) is 30.3 Å². The molecule has 0 bridgehead atoms. The van der Waals surface area contributed by atoms with E-state index in [0.717, 1.165) is 0 Å². The average molecular weight is 179 g/mol. The van der Waals surface area contributed by atoms with Crippen molar-refractivity contribution in [3.05, 3.63) is 40.8 Å². The number of hydrogen-bond donors (Lipinski definition) is 0. The summed E-state index contributed by atoms with van der Waals surface area (Å²) in [5.41, 5.74) is 0.634. The molecule has 0 aliphatic carbocycles. The standard InChI is InChI=1S/C9H9NO3/c1-7(11)9(13-10-12)8-5-3-2-4-6-8/h2-6,9H,1H3. The minimum atomic E-state index is -0.876. The van der Waals surface area contributed by atoms with E-state index in [1.165, 1.54) is 6.92 Å². The van der Waals surface area contributed by atoms with Crippen molar-refractivity contribution in [2.75, 3.05) is 0 Å². The molecule has 4 heteroatoms. The highest BCUT2D eigenvalue weighted by molar-refractivity contribution is 5.81. The van der Waals surface area contributed by atoms with Crippen LogP contribution in [0.15, 0.2) is 35.7 Å². The first kappa shape index (κ1) is 9.38. The van der Waals surface area contributed by atoms with E-state index in [2.05, 4.69) is 10.2 Å². The van der Waals surface area contributed by atoms with E-state index < -0.39 is 6.10 Å². The van der Waals surface area contributed by atoms with Crippen LogP contribution in [0.2, 0.25) is 0 Å². The van der Waals surface area contributed by atoms with E-state index in [4.69, 9.17) is 0 Å². The fourth-order valence-electron chi connectivity index (χ4n) is 1.04. The van der Waals surface area contributed by atoms with Crippen LogP contribution in [0.1, 0.15) is 18.6 Å². The third-order valence-electron chi connectivity index (χ3n) is 1.62. The Bertz CT molecular complexity index is 297. The highest BCUT2D eigenvalue weighted by atomic mass is 16.7. The van der Waals surface area contributed by atoms with Crippen LogP contribution in [-0.4, -0.2) is 5.78 Å². The molecule has 0 radical (unpaired) electrons. The molecule has 0 heterocycles. The molecule has 13 heavy (non-hydrogen) atoms. The summed E-state index contributed by atoms with van der Waals surface area (Å²) in [5, 5.41) is 2.26. The molecule has 1 aromatic carbocycles. The Morgan fingerprint density at radius 2 is 2.00 bits per heavy atom. The summed E-state index contributed by atoms with van der Waals surface area (Å²) in [4.78, 5) is 25.3. The molecule has 1 aromatic rings. The van der Waals surface area contributed by atoms with Gasteiger partial charge in [0.05, 0.1) is 0 Å². The zero-order chi connectivity index (χ0) is 9.68. The van der Waals surface area contributed by atoms with Gasteiger partial charge in [0, 0.05) is 5.56 Å². The van der Waals surface area contributed by atoms with Crippen molar-refractivity contribution in [1.82, 2.24) is 0 Å². The molecule has 0 amide bonds. The lowest BCUT2D eigenvalue weighted by Gasteiger charge is -2.08. The highest BCUT2D eigenvalue weighted by Crippen LogP contribution is 2.17. The van der Waals surface area contributed by atoms with E-state index >= 15 is 0 Å². The molecule has 68 valence electrons. The summed E-state index contributed by atoms with van der Waals surface area (Å²) in [7, 11) is 0. The van der Waals surface area contributed by atoms with Crippen molar-refractivity contribution in [3.8, 4) is 0 Å². The van der Waals surface area contributed by atoms with Gasteiger partial charge in [0.2, 0.25) is 6.10 Å². The van der Waals surface area contributed by atoms with Crippen molar-refractivity contribution in [3.63, 3.8) is 0 Å². The summed E-state index contributed by atoms with van der Waals surface area (Å²) in [6.45, 7) is 1.35. The van der Waals surface area contributed by atoms with Gasteiger partial charge >= 0.3 is 0 Å². The number of nitrogens with zero attached hydrogens (tertiary/aromatic N) is 1. The van der Waals surface area contributed by atoms with E-state index in [1.807, 2.05) is 6.07 Å². The monoisotopic (exact) mass is 179 g/mol. The second kappa shape index (κ2) is 4.35. The van der Waals surface area contributed by atoms with Gasteiger partial charge in [0.15, 0.2) is 11.1 Å². The maximum atomic E-state index is 11.0. The number of ketones is 1. The maximum absolute atomic E-state index is 11.0. The largest absolute Gasteiger partial charge is 0.348 e. The van der Waals surface area contributed by atoms with E-state index in [9.17, 15) is 9.70 Å². The number of carbonyl (C=O) groups is 1. The van der Waals surface area contributed by atoms with Crippen molar-refractivity contribution in [1.29, 1.82) is 0 Å². The number of Topliss-reactive ketones (excluding diaryl/α,β-unsaturated/α-hetero) is 1. The first-order valence-corrected chi connectivity index (χ1v) is 3.79. The van der Waals surface area contributed by atoms with Crippen molar-refractivity contribution in [2.24, 2.45) is 5.34 Å². The Hall–Kier alpha value is -1.71. The molecule has 0 saturated carbocycles. The summed E-state index contributed by atoms with van der Waals surface area (Å²) in [5.74, 6) is -0.245. The minimum Gasteiger partial charge on any atom is -0.348 e. The topological polar surface area (TPSA) is 55.7 Å². The summed E-state index contributed by atoms with van der Waals surface area (Å²) >= 11 is 0. The van der Waals surface area contributed by atoms with Gasteiger partial charge in [-0.3, -0.25) is 4.79 Å². The van der Waals surface area contributed by atoms with Crippen LogP contribution in [0.5, 0.6) is 0 Å². The van der Waals surface area contributed by atoms with Crippen molar-refractivity contribution < 1.29 is 9.63 Å². The first-order chi connectivity index (χ1) is 6.25. The minimum absolute atomic E-state index is 0.245. The Labute approximate surface area is 75.5 Å². The molecule has 1 unspecified atom stereocenters. The Balaban J connectivity index is 2.88. The lowest BCUT2D eigenvalue weighted by Crippen LogP contribution is -2.09. The van der Waals surface area contributed by atoms with Crippen molar-refractivity contribution >= 4 is 5.78 Å². The van der Waals surface area contributed by atoms with Crippen LogP contribution in [0.4, 0.5) is 0 Å². The van der Waals surface area contributed by atoms with Gasteiger partial charge in [-0.25, -0.2) is 0 Å². The van der Waals surface area contributed by atoms with Crippen LogP contribution < -0.4 is 0 Å². The second-order valence-corrected chi connectivity index (χ2v) is 2.58.